The maximum Gasteiger partial charge on any atom is 0.0580 e. The highest BCUT2D eigenvalue weighted by Crippen LogP contribution is 2.29. The Hall–Kier alpha value is -1.64. The molecule has 0 unspecified atom stereocenters. The Labute approximate surface area is 127 Å². The number of aliphatic hydroxyl groups excluding tert-OH is 1. The Bertz CT molecular complexity index is 499. The molecule has 21 heavy (non-hydrogen) atoms. The van der Waals surface area contributed by atoms with E-state index in [-0.39, 0.29) is 6.10 Å². The van der Waals surface area contributed by atoms with Crippen molar-refractivity contribution in [2.45, 2.75) is 32.0 Å². The Balaban J connectivity index is 1.68. The first kappa shape index (κ1) is 14.3. The lowest BCUT2D eigenvalue weighted by Crippen LogP contribution is -2.40. The smallest absolute Gasteiger partial charge is 0.0580 e. The van der Waals surface area contributed by atoms with Gasteiger partial charge < -0.3 is 5.11 Å². The molecule has 2 nitrogen and oxygen atoms in total. The fraction of sp³-hybridized carbons (Fsp3) is 0.368. The van der Waals surface area contributed by atoms with E-state index in [9.17, 15) is 5.11 Å². The zero-order valence-corrected chi connectivity index (χ0v) is 12.4. The van der Waals surface area contributed by atoms with Crippen molar-refractivity contribution in [2.24, 2.45) is 5.92 Å². The summed E-state index contributed by atoms with van der Waals surface area (Å²) in [4.78, 5) is 2.46. The monoisotopic (exact) mass is 281 g/mol. The molecule has 1 fully saturated rings. The molecule has 1 aliphatic rings. The van der Waals surface area contributed by atoms with Gasteiger partial charge in [-0.1, -0.05) is 60.7 Å². The first-order valence-electron chi connectivity index (χ1n) is 7.79. The second kappa shape index (κ2) is 6.88. The van der Waals surface area contributed by atoms with Gasteiger partial charge in [0.25, 0.3) is 0 Å². The van der Waals surface area contributed by atoms with Gasteiger partial charge in [0.2, 0.25) is 0 Å². The minimum atomic E-state index is -0.0981. The molecule has 2 atom stereocenters. The van der Waals surface area contributed by atoms with Gasteiger partial charge in [0.15, 0.2) is 0 Å². The van der Waals surface area contributed by atoms with E-state index in [2.05, 4.69) is 65.6 Å². The van der Waals surface area contributed by atoms with Crippen LogP contribution >= 0.6 is 0 Å². The van der Waals surface area contributed by atoms with Crippen LogP contribution in [0.4, 0.5) is 0 Å². The fourth-order valence-electron chi connectivity index (χ4n) is 2.96. The average molecular weight is 281 g/mol. The summed E-state index contributed by atoms with van der Waals surface area (Å²) in [6.45, 7) is 2.86. The standard InChI is InChI=1S/C19H23NO/c21-19-12-11-18(19)15-20(13-16-7-3-1-4-8-16)14-17-9-5-2-6-10-17/h1-10,18-19,21H,11-15H2/t18-,19+/m0/s1. The highest BCUT2D eigenvalue weighted by molar-refractivity contribution is 5.17. The van der Waals surface area contributed by atoms with Crippen LogP contribution in [0.3, 0.4) is 0 Å². The molecule has 0 saturated heterocycles. The summed E-state index contributed by atoms with van der Waals surface area (Å²) in [6, 6.07) is 21.2. The Morgan fingerprint density at radius 1 is 0.810 bits per heavy atom. The third-order valence-corrected chi connectivity index (χ3v) is 4.37. The average Bonchev–Trinajstić information content (AvgIpc) is 2.53. The van der Waals surface area contributed by atoms with Crippen LogP contribution in [0.5, 0.6) is 0 Å². The second-order valence-corrected chi connectivity index (χ2v) is 6.05. The third kappa shape index (κ3) is 3.93. The molecule has 0 amide bonds. The van der Waals surface area contributed by atoms with E-state index in [1.165, 1.54) is 11.1 Å². The number of aliphatic hydroxyl groups is 1. The van der Waals surface area contributed by atoms with Crippen LogP contribution < -0.4 is 0 Å². The Kier molecular flexibility index (Phi) is 4.69. The zero-order chi connectivity index (χ0) is 14.5. The van der Waals surface area contributed by atoms with Crippen LogP contribution in [0.15, 0.2) is 60.7 Å². The van der Waals surface area contributed by atoms with Crippen LogP contribution in [0, 0.1) is 5.92 Å². The van der Waals surface area contributed by atoms with E-state index in [0.29, 0.717) is 5.92 Å². The Morgan fingerprint density at radius 2 is 1.33 bits per heavy atom. The molecule has 110 valence electrons. The molecule has 0 spiro atoms. The molecule has 3 rings (SSSR count). The molecule has 0 heterocycles. The Morgan fingerprint density at radius 3 is 1.71 bits per heavy atom. The van der Waals surface area contributed by atoms with Gasteiger partial charge >= 0.3 is 0 Å². The van der Waals surface area contributed by atoms with Gasteiger partial charge in [-0.2, -0.15) is 0 Å². The van der Waals surface area contributed by atoms with E-state index in [1.54, 1.807) is 0 Å². The molecule has 1 aliphatic carbocycles. The summed E-state index contributed by atoms with van der Waals surface area (Å²) >= 11 is 0. The van der Waals surface area contributed by atoms with E-state index >= 15 is 0 Å². The third-order valence-electron chi connectivity index (χ3n) is 4.37. The molecule has 2 aromatic rings. The van der Waals surface area contributed by atoms with Gasteiger partial charge in [-0.3, -0.25) is 4.90 Å². The molecule has 0 radical (unpaired) electrons. The van der Waals surface area contributed by atoms with Crippen LogP contribution in [0.2, 0.25) is 0 Å². The maximum absolute atomic E-state index is 9.86. The molecular formula is C19H23NO. The summed E-state index contributed by atoms with van der Waals surface area (Å²) in [7, 11) is 0. The van der Waals surface area contributed by atoms with E-state index in [0.717, 1.165) is 32.5 Å². The van der Waals surface area contributed by atoms with Crippen molar-refractivity contribution in [1.29, 1.82) is 0 Å². The first-order chi connectivity index (χ1) is 10.3. The molecule has 0 aromatic heterocycles. The van der Waals surface area contributed by atoms with Crippen molar-refractivity contribution >= 4 is 0 Å². The summed E-state index contributed by atoms with van der Waals surface area (Å²) in [6.07, 6.45) is 2.02. The lowest BCUT2D eigenvalue weighted by molar-refractivity contribution is 0.000438. The summed E-state index contributed by atoms with van der Waals surface area (Å²) in [5.74, 6) is 0.442. The SMILES string of the molecule is O[C@@H]1CC[C@H]1CN(Cc1ccccc1)Cc1ccccc1. The minimum Gasteiger partial charge on any atom is -0.393 e. The molecular weight excluding hydrogens is 258 g/mol. The second-order valence-electron chi connectivity index (χ2n) is 6.05. The topological polar surface area (TPSA) is 23.5 Å². The van der Waals surface area contributed by atoms with Gasteiger partial charge in [-0.15, -0.1) is 0 Å². The fourth-order valence-corrected chi connectivity index (χ4v) is 2.96. The number of hydrogen-bond acceptors (Lipinski definition) is 2. The number of nitrogens with zero attached hydrogens (tertiary/aromatic N) is 1. The van der Waals surface area contributed by atoms with Gasteiger partial charge in [0.1, 0.15) is 0 Å². The van der Waals surface area contributed by atoms with Crippen molar-refractivity contribution in [2.75, 3.05) is 6.54 Å². The molecule has 2 aromatic carbocycles. The quantitative estimate of drug-likeness (QED) is 0.876. The van der Waals surface area contributed by atoms with Crippen LogP contribution in [-0.2, 0) is 13.1 Å². The molecule has 0 bridgehead atoms. The summed E-state index contributed by atoms with van der Waals surface area (Å²) < 4.78 is 0. The van der Waals surface area contributed by atoms with Crippen LogP contribution in [0.25, 0.3) is 0 Å². The highest BCUT2D eigenvalue weighted by Gasteiger charge is 2.30. The number of hydrogen-bond donors (Lipinski definition) is 1. The van der Waals surface area contributed by atoms with Gasteiger partial charge in [0, 0.05) is 19.6 Å². The largest absolute Gasteiger partial charge is 0.393 e. The zero-order valence-electron chi connectivity index (χ0n) is 12.4. The lowest BCUT2D eigenvalue weighted by Gasteiger charge is -2.37. The van der Waals surface area contributed by atoms with Crippen molar-refractivity contribution in [1.82, 2.24) is 4.90 Å². The van der Waals surface area contributed by atoms with Crippen molar-refractivity contribution in [3.8, 4) is 0 Å². The van der Waals surface area contributed by atoms with E-state index in [1.807, 2.05) is 0 Å². The minimum absolute atomic E-state index is 0.0981. The van der Waals surface area contributed by atoms with E-state index in [4.69, 9.17) is 0 Å². The van der Waals surface area contributed by atoms with Crippen LogP contribution in [0.1, 0.15) is 24.0 Å². The predicted molar refractivity (Wildman–Crippen MR) is 85.7 cm³/mol. The summed E-state index contributed by atoms with van der Waals surface area (Å²) in [5, 5.41) is 9.86. The predicted octanol–water partition coefficient (Wildman–Crippen LogP) is 3.46. The van der Waals surface area contributed by atoms with Crippen molar-refractivity contribution < 1.29 is 5.11 Å². The van der Waals surface area contributed by atoms with Crippen LogP contribution in [-0.4, -0.2) is 22.7 Å². The maximum atomic E-state index is 9.86. The highest BCUT2D eigenvalue weighted by atomic mass is 16.3. The van der Waals surface area contributed by atoms with Gasteiger partial charge in [-0.05, 0) is 29.9 Å². The van der Waals surface area contributed by atoms with Crippen molar-refractivity contribution in [3.05, 3.63) is 71.8 Å². The van der Waals surface area contributed by atoms with Crippen molar-refractivity contribution in [3.63, 3.8) is 0 Å². The normalized spacial score (nSPS) is 21.2. The van der Waals surface area contributed by atoms with Gasteiger partial charge in [-0.25, -0.2) is 0 Å². The first-order valence-corrected chi connectivity index (χ1v) is 7.79. The number of rotatable bonds is 6. The number of benzene rings is 2. The molecule has 2 heteroatoms. The van der Waals surface area contributed by atoms with Gasteiger partial charge in [0.05, 0.1) is 6.10 Å². The lowest BCUT2D eigenvalue weighted by atomic mass is 9.81. The van der Waals surface area contributed by atoms with E-state index < -0.39 is 0 Å². The molecule has 1 N–H and O–H groups in total. The molecule has 1 saturated carbocycles. The molecule has 0 aliphatic heterocycles. The summed E-state index contributed by atoms with van der Waals surface area (Å²) in [5.41, 5.74) is 2.67.